The first kappa shape index (κ1) is 17.0. The molecule has 4 nitrogen and oxygen atoms in total. The van der Waals surface area contributed by atoms with Crippen molar-refractivity contribution in [3.63, 3.8) is 0 Å². The summed E-state index contributed by atoms with van der Waals surface area (Å²) in [5.41, 5.74) is 0.925. The first-order chi connectivity index (χ1) is 12.2. The van der Waals surface area contributed by atoms with Gasteiger partial charge in [0.15, 0.2) is 6.29 Å². The first-order valence-electron chi connectivity index (χ1n) is 7.87. The summed E-state index contributed by atoms with van der Waals surface area (Å²) in [6, 6.07) is 27.5. The van der Waals surface area contributed by atoms with Gasteiger partial charge in [0.2, 0.25) is 0 Å². The predicted molar refractivity (Wildman–Crippen MR) is 101 cm³/mol. The summed E-state index contributed by atoms with van der Waals surface area (Å²) in [5.74, 6) is 0.966. The van der Waals surface area contributed by atoms with Crippen LogP contribution < -0.4 is 9.05 Å². The third-order valence-electron chi connectivity index (χ3n) is 3.27. The van der Waals surface area contributed by atoms with Gasteiger partial charge in [-0.05, 0) is 29.8 Å². The van der Waals surface area contributed by atoms with Crippen molar-refractivity contribution in [2.45, 2.75) is 0 Å². The molecule has 0 spiro atoms. The van der Waals surface area contributed by atoms with E-state index in [2.05, 4.69) is 4.99 Å². The fourth-order valence-electron chi connectivity index (χ4n) is 2.15. The predicted octanol–water partition coefficient (Wildman–Crippen LogP) is 5.41. The van der Waals surface area contributed by atoms with E-state index in [1.807, 2.05) is 66.7 Å². The second kappa shape index (κ2) is 8.32. The molecule has 3 aromatic rings. The molecule has 5 heteroatoms. The van der Waals surface area contributed by atoms with Gasteiger partial charge in [-0.1, -0.05) is 66.7 Å². The Morgan fingerprint density at radius 2 is 1.16 bits per heavy atom. The number of hydrogen-bond acceptors (Lipinski definition) is 4. The highest BCUT2D eigenvalue weighted by Gasteiger charge is 2.27. The summed E-state index contributed by atoms with van der Waals surface area (Å²) in [5, 5.41) is 0. The Hall–Kier alpha value is -2.84. The smallest absolute Gasteiger partial charge is 0.415 e. The quantitative estimate of drug-likeness (QED) is 0.422. The standard InChI is InChI=1S/C20H18NO3P/c22-25(23-19-12-6-2-7-13-19,24-20-14-8-3-9-15-20)17-21-16-18-10-4-1-5-11-18/h1-16H,17H2. The van der Waals surface area contributed by atoms with Crippen LogP contribution in [0.5, 0.6) is 11.5 Å². The van der Waals surface area contributed by atoms with Crippen LogP contribution in [-0.2, 0) is 4.57 Å². The molecule has 0 aromatic heterocycles. The Balaban J connectivity index is 1.78. The molecule has 0 unspecified atom stereocenters. The maximum atomic E-state index is 13.2. The van der Waals surface area contributed by atoms with Gasteiger partial charge < -0.3 is 9.05 Å². The van der Waals surface area contributed by atoms with Crippen LogP contribution in [0.1, 0.15) is 5.56 Å². The molecular formula is C20H18NO3P. The van der Waals surface area contributed by atoms with Gasteiger partial charge in [0.1, 0.15) is 11.5 Å². The zero-order valence-corrected chi connectivity index (χ0v) is 14.5. The minimum atomic E-state index is -3.50. The van der Waals surface area contributed by atoms with Crippen molar-refractivity contribution >= 4 is 13.8 Å². The molecule has 0 atom stereocenters. The van der Waals surface area contributed by atoms with Crippen molar-refractivity contribution in [1.29, 1.82) is 0 Å². The molecule has 0 radical (unpaired) electrons. The third kappa shape index (κ3) is 5.33. The second-order valence-electron chi connectivity index (χ2n) is 5.28. The molecule has 0 bridgehead atoms. The molecule has 0 amide bonds. The van der Waals surface area contributed by atoms with Crippen LogP contribution in [0.4, 0.5) is 0 Å². The van der Waals surface area contributed by atoms with Crippen molar-refractivity contribution in [2.24, 2.45) is 4.99 Å². The molecule has 0 fully saturated rings. The lowest BCUT2D eigenvalue weighted by molar-refractivity contribution is 0.387. The number of hydrogen-bond donors (Lipinski definition) is 0. The maximum absolute atomic E-state index is 13.2. The first-order valence-corrected chi connectivity index (χ1v) is 9.60. The molecule has 0 aliphatic heterocycles. The van der Waals surface area contributed by atoms with Crippen LogP contribution in [0.3, 0.4) is 0 Å². The molecular weight excluding hydrogens is 333 g/mol. The van der Waals surface area contributed by atoms with E-state index in [4.69, 9.17) is 9.05 Å². The monoisotopic (exact) mass is 351 g/mol. The summed E-state index contributed by atoms with van der Waals surface area (Å²) in [6.45, 7) is 0. The number of benzene rings is 3. The number of nitrogens with zero attached hydrogens (tertiary/aromatic N) is 1. The Labute approximate surface area is 147 Å². The lowest BCUT2D eigenvalue weighted by Gasteiger charge is -2.18. The van der Waals surface area contributed by atoms with Crippen molar-refractivity contribution in [3.8, 4) is 11.5 Å². The number of para-hydroxylation sites is 2. The van der Waals surface area contributed by atoms with E-state index in [1.54, 1.807) is 30.5 Å². The average Bonchev–Trinajstić information content (AvgIpc) is 2.64. The highest BCUT2D eigenvalue weighted by Crippen LogP contribution is 2.48. The fourth-order valence-corrected chi connectivity index (χ4v) is 3.47. The van der Waals surface area contributed by atoms with Gasteiger partial charge in [-0.2, -0.15) is 0 Å². The zero-order chi connectivity index (χ0) is 17.4. The molecule has 0 aliphatic carbocycles. The van der Waals surface area contributed by atoms with E-state index in [-0.39, 0.29) is 6.29 Å². The molecule has 0 aliphatic rings. The summed E-state index contributed by atoms with van der Waals surface area (Å²) >= 11 is 0. The summed E-state index contributed by atoms with van der Waals surface area (Å²) < 4.78 is 24.5. The second-order valence-corrected chi connectivity index (χ2v) is 7.15. The molecule has 3 aromatic carbocycles. The summed E-state index contributed by atoms with van der Waals surface area (Å²) in [4.78, 5) is 4.27. The van der Waals surface area contributed by atoms with Crippen LogP contribution in [0.25, 0.3) is 0 Å². The molecule has 0 heterocycles. The van der Waals surface area contributed by atoms with E-state index in [9.17, 15) is 4.57 Å². The topological polar surface area (TPSA) is 47.9 Å². The van der Waals surface area contributed by atoms with Gasteiger partial charge >= 0.3 is 7.60 Å². The van der Waals surface area contributed by atoms with Crippen LogP contribution >= 0.6 is 7.60 Å². The Bertz CT molecular complexity index is 806. The highest BCUT2D eigenvalue weighted by atomic mass is 31.2. The molecule has 25 heavy (non-hydrogen) atoms. The molecule has 0 saturated heterocycles. The summed E-state index contributed by atoms with van der Waals surface area (Å²) in [7, 11) is -3.50. The van der Waals surface area contributed by atoms with Crippen molar-refractivity contribution in [3.05, 3.63) is 96.6 Å². The average molecular weight is 351 g/mol. The van der Waals surface area contributed by atoms with E-state index >= 15 is 0 Å². The minimum absolute atomic E-state index is 0.0777. The van der Waals surface area contributed by atoms with Crippen LogP contribution in [0.15, 0.2) is 96.0 Å². The Kier molecular flexibility index (Phi) is 5.65. The van der Waals surface area contributed by atoms with E-state index in [1.165, 1.54) is 0 Å². The van der Waals surface area contributed by atoms with Gasteiger partial charge in [-0.3, -0.25) is 4.99 Å². The normalized spacial score (nSPS) is 11.4. The van der Waals surface area contributed by atoms with E-state index < -0.39 is 7.60 Å². The van der Waals surface area contributed by atoms with Crippen LogP contribution in [0, 0.1) is 0 Å². The minimum Gasteiger partial charge on any atom is -0.415 e. The van der Waals surface area contributed by atoms with Crippen LogP contribution in [-0.4, -0.2) is 12.5 Å². The van der Waals surface area contributed by atoms with E-state index in [0.29, 0.717) is 11.5 Å². The number of rotatable bonds is 7. The largest absolute Gasteiger partial charge is 0.452 e. The fraction of sp³-hybridized carbons (Fsp3) is 0.0500. The van der Waals surface area contributed by atoms with Crippen LogP contribution in [0.2, 0.25) is 0 Å². The molecule has 126 valence electrons. The molecule has 3 rings (SSSR count). The zero-order valence-electron chi connectivity index (χ0n) is 13.6. The SMILES string of the molecule is O=P(CN=Cc1ccccc1)(Oc1ccccc1)Oc1ccccc1. The molecule has 0 saturated carbocycles. The van der Waals surface area contributed by atoms with Gasteiger partial charge in [-0.25, -0.2) is 4.57 Å². The number of aliphatic imine (C=N–C) groups is 1. The van der Waals surface area contributed by atoms with Crippen molar-refractivity contribution in [1.82, 2.24) is 0 Å². The third-order valence-corrected chi connectivity index (χ3v) is 4.76. The van der Waals surface area contributed by atoms with E-state index in [0.717, 1.165) is 5.56 Å². The Morgan fingerprint density at radius 1 is 0.720 bits per heavy atom. The van der Waals surface area contributed by atoms with Crippen molar-refractivity contribution < 1.29 is 13.6 Å². The van der Waals surface area contributed by atoms with Crippen molar-refractivity contribution in [2.75, 3.05) is 6.29 Å². The maximum Gasteiger partial charge on any atom is 0.452 e. The lowest BCUT2D eigenvalue weighted by Crippen LogP contribution is -2.04. The molecule has 0 N–H and O–H groups in total. The van der Waals surface area contributed by atoms with Gasteiger partial charge in [0.25, 0.3) is 0 Å². The summed E-state index contributed by atoms with van der Waals surface area (Å²) in [6.07, 6.45) is 1.58. The van der Waals surface area contributed by atoms with Gasteiger partial charge in [0.05, 0.1) is 0 Å². The van der Waals surface area contributed by atoms with Gasteiger partial charge in [-0.15, -0.1) is 0 Å². The van der Waals surface area contributed by atoms with Gasteiger partial charge in [0, 0.05) is 6.21 Å². The highest BCUT2D eigenvalue weighted by molar-refractivity contribution is 7.54. The lowest BCUT2D eigenvalue weighted by atomic mass is 10.2. The Morgan fingerprint density at radius 3 is 1.64 bits per heavy atom.